The molecule has 128 valence electrons. The molecule has 1 fully saturated rings. The van der Waals surface area contributed by atoms with Crippen LogP contribution < -0.4 is 10.5 Å². The molecule has 1 amide bonds. The molecule has 0 aromatic heterocycles. The number of carbonyl (C=O) groups excluding carboxylic acids is 1. The molecule has 2 rings (SSSR count). The smallest absolute Gasteiger partial charge is 0.257 e. The number of hydrogen-bond donors (Lipinski definition) is 1. The van der Waals surface area contributed by atoms with Crippen LogP contribution in [0.5, 0.6) is 5.75 Å². The SMILES string of the molecule is COc1cc(N)c(Cl)cc1C(=O)N(C)CCC1CCCCN1C. The van der Waals surface area contributed by atoms with Crippen LogP contribution in [0, 0.1) is 0 Å². The fourth-order valence-electron chi connectivity index (χ4n) is 3.06. The van der Waals surface area contributed by atoms with E-state index >= 15 is 0 Å². The number of carbonyl (C=O) groups is 1. The Labute approximate surface area is 143 Å². The Bertz CT molecular complexity index is 565. The summed E-state index contributed by atoms with van der Waals surface area (Å²) in [5.74, 6) is 0.362. The van der Waals surface area contributed by atoms with Crippen LogP contribution in [0.1, 0.15) is 36.0 Å². The number of amides is 1. The highest BCUT2D eigenvalue weighted by molar-refractivity contribution is 6.33. The van der Waals surface area contributed by atoms with Gasteiger partial charge in [-0.25, -0.2) is 0 Å². The number of rotatable bonds is 5. The summed E-state index contributed by atoms with van der Waals surface area (Å²) in [5, 5.41) is 0.370. The molecule has 1 aromatic carbocycles. The predicted molar refractivity (Wildman–Crippen MR) is 94.3 cm³/mol. The van der Waals surface area contributed by atoms with E-state index in [9.17, 15) is 4.79 Å². The van der Waals surface area contributed by atoms with Crippen molar-refractivity contribution in [2.75, 3.05) is 40.0 Å². The maximum Gasteiger partial charge on any atom is 0.257 e. The Morgan fingerprint density at radius 2 is 2.22 bits per heavy atom. The quantitative estimate of drug-likeness (QED) is 0.838. The fraction of sp³-hybridized carbons (Fsp3) is 0.588. The number of nitrogens with zero attached hydrogens (tertiary/aromatic N) is 2. The van der Waals surface area contributed by atoms with E-state index in [0.717, 1.165) is 13.0 Å². The molecule has 1 aliphatic rings. The minimum Gasteiger partial charge on any atom is -0.496 e. The van der Waals surface area contributed by atoms with Crippen LogP contribution in [-0.2, 0) is 0 Å². The fourth-order valence-corrected chi connectivity index (χ4v) is 3.23. The van der Waals surface area contributed by atoms with Crippen LogP contribution in [0.3, 0.4) is 0 Å². The maximum atomic E-state index is 12.7. The zero-order chi connectivity index (χ0) is 17.0. The third-order valence-corrected chi connectivity index (χ3v) is 4.94. The van der Waals surface area contributed by atoms with Gasteiger partial charge < -0.3 is 20.3 Å². The monoisotopic (exact) mass is 339 g/mol. The van der Waals surface area contributed by atoms with Gasteiger partial charge >= 0.3 is 0 Å². The third kappa shape index (κ3) is 4.30. The van der Waals surface area contributed by atoms with Crippen molar-refractivity contribution in [2.24, 2.45) is 0 Å². The van der Waals surface area contributed by atoms with Crippen LogP contribution in [0.15, 0.2) is 12.1 Å². The van der Waals surface area contributed by atoms with E-state index in [4.69, 9.17) is 22.1 Å². The van der Waals surface area contributed by atoms with Crippen LogP contribution in [0.2, 0.25) is 5.02 Å². The number of halogens is 1. The molecular formula is C17H26ClN3O2. The van der Waals surface area contributed by atoms with E-state index in [-0.39, 0.29) is 5.91 Å². The summed E-state index contributed by atoms with van der Waals surface area (Å²) < 4.78 is 5.27. The highest BCUT2D eigenvalue weighted by Crippen LogP contribution is 2.29. The first-order valence-corrected chi connectivity index (χ1v) is 8.40. The van der Waals surface area contributed by atoms with Gasteiger partial charge in [-0.3, -0.25) is 4.79 Å². The Morgan fingerprint density at radius 1 is 1.48 bits per heavy atom. The van der Waals surface area contributed by atoms with Gasteiger partial charge in [0.1, 0.15) is 5.75 Å². The summed E-state index contributed by atoms with van der Waals surface area (Å²) in [4.78, 5) is 16.8. The second-order valence-corrected chi connectivity index (χ2v) is 6.63. The Hall–Kier alpha value is -1.46. The number of hydrogen-bond acceptors (Lipinski definition) is 4. The molecule has 0 radical (unpaired) electrons. The van der Waals surface area contributed by atoms with Crippen molar-refractivity contribution < 1.29 is 9.53 Å². The van der Waals surface area contributed by atoms with Crippen molar-refractivity contribution in [2.45, 2.75) is 31.7 Å². The number of nitrogens with two attached hydrogens (primary N) is 1. The van der Waals surface area contributed by atoms with E-state index in [0.29, 0.717) is 34.6 Å². The van der Waals surface area contributed by atoms with Gasteiger partial charge in [-0.05, 0) is 38.9 Å². The molecule has 0 aliphatic carbocycles. The standard InChI is InChI=1S/C17H26ClN3O2/c1-20-8-5-4-6-12(20)7-9-21(2)17(22)13-10-14(18)15(19)11-16(13)23-3/h10-12H,4-9,19H2,1-3H3. The molecule has 0 saturated carbocycles. The van der Waals surface area contributed by atoms with Gasteiger partial charge in [0.15, 0.2) is 0 Å². The van der Waals surface area contributed by atoms with Crippen LogP contribution in [-0.4, -0.2) is 56.0 Å². The molecule has 23 heavy (non-hydrogen) atoms. The number of methoxy groups -OCH3 is 1. The average molecular weight is 340 g/mol. The molecule has 1 unspecified atom stereocenters. The van der Waals surface area contributed by atoms with Crippen molar-refractivity contribution in [3.63, 3.8) is 0 Å². The van der Waals surface area contributed by atoms with Gasteiger partial charge in [0, 0.05) is 25.7 Å². The predicted octanol–water partition coefficient (Wildman–Crippen LogP) is 2.88. The molecule has 6 heteroatoms. The van der Waals surface area contributed by atoms with Crippen molar-refractivity contribution in [1.29, 1.82) is 0 Å². The van der Waals surface area contributed by atoms with Crippen LogP contribution >= 0.6 is 11.6 Å². The summed E-state index contributed by atoms with van der Waals surface area (Å²) >= 11 is 6.05. The molecule has 0 spiro atoms. The van der Waals surface area contributed by atoms with Crippen molar-refractivity contribution in [3.8, 4) is 5.75 Å². The molecule has 5 nitrogen and oxygen atoms in total. The van der Waals surface area contributed by atoms with Gasteiger partial charge in [-0.1, -0.05) is 18.0 Å². The number of ether oxygens (including phenoxy) is 1. The Kier molecular flexibility index (Phi) is 6.13. The van der Waals surface area contributed by atoms with Crippen molar-refractivity contribution in [3.05, 3.63) is 22.7 Å². The Balaban J connectivity index is 2.03. The summed E-state index contributed by atoms with van der Waals surface area (Å²) in [6, 6.07) is 3.73. The molecule has 1 aromatic rings. The summed E-state index contributed by atoms with van der Waals surface area (Å²) in [7, 11) is 5.50. The average Bonchev–Trinajstić information content (AvgIpc) is 2.55. The first-order chi connectivity index (χ1) is 10.9. The number of likely N-dealkylation sites (tertiary alicyclic amines) is 1. The number of anilines is 1. The second-order valence-electron chi connectivity index (χ2n) is 6.22. The normalized spacial score (nSPS) is 18.7. The summed E-state index contributed by atoms with van der Waals surface area (Å²) in [5.41, 5.74) is 6.63. The summed E-state index contributed by atoms with van der Waals surface area (Å²) in [6.45, 7) is 1.85. The van der Waals surface area contributed by atoms with Gasteiger partial charge in [-0.2, -0.15) is 0 Å². The topological polar surface area (TPSA) is 58.8 Å². The molecular weight excluding hydrogens is 314 g/mol. The van der Waals surface area contributed by atoms with Gasteiger partial charge in [0.05, 0.1) is 23.4 Å². The van der Waals surface area contributed by atoms with E-state index < -0.39 is 0 Å². The highest BCUT2D eigenvalue weighted by Gasteiger charge is 2.22. The minimum absolute atomic E-state index is 0.0952. The second kappa shape index (κ2) is 7.88. The van der Waals surface area contributed by atoms with Crippen molar-refractivity contribution >= 4 is 23.2 Å². The lowest BCUT2D eigenvalue weighted by Crippen LogP contribution is -2.39. The lowest BCUT2D eigenvalue weighted by atomic mass is 10.00. The van der Waals surface area contributed by atoms with Gasteiger partial charge in [-0.15, -0.1) is 0 Å². The molecule has 2 N–H and O–H groups in total. The van der Waals surface area contributed by atoms with E-state index in [1.807, 2.05) is 7.05 Å². The molecule has 1 heterocycles. The number of piperidine rings is 1. The van der Waals surface area contributed by atoms with Crippen molar-refractivity contribution in [1.82, 2.24) is 9.80 Å². The molecule has 1 saturated heterocycles. The largest absolute Gasteiger partial charge is 0.496 e. The first kappa shape index (κ1) is 17.9. The molecule has 1 aliphatic heterocycles. The number of nitrogen functional groups attached to an aromatic ring is 1. The van der Waals surface area contributed by atoms with E-state index in [1.165, 1.54) is 26.4 Å². The molecule has 1 atom stereocenters. The Morgan fingerprint density at radius 3 is 2.87 bits per heavy atom. The lowest BCUT2D eigenvalue weighted by Gasteiger charge is -2.33. The van der Waals surface area contributed by atoms with Crippen LogP contribution in [0.25, 0.3) is 0 Å². The van der Waals surface area contributed by atoms with E-state index in [2.05, 4.69) is 11.9 Å². The summed E-state index contributed by atoms with van der Waals surface area (Å²) in [6.07, 6.45) is 4.72. The maximum absolute atomic E-state index is 12.7. The minimum atomic E-state index is -0.0952. The zero-order valence-electron chi connectivity index (χ0n) is 14.1. The van der Waals surface area contributed by atoms with Gasteiger partial charge in [0.25, 0.3) is 5.91 Å². The molecule has 0 bridgehead atoms. The lowest BCUT2D eigenvalue weighted by molar-refractivity contribution is 0.0767. The highest BCUT2D eigenvalue weighted by atomic mass is 35.5. The van der Waals surface area contributed by atoms with Gasteiger partial charge in [0.2, 0.25) is 0 Å². The van der Waals surface area contributed by atoms with E-state index in [1.54, 1.807) is 17.0 Å². The third-order valence-electron chi connectivity index (χ3n) is 4.62. The first-order valence-electron chi connectivity index (χ1n) is 8.02. The zero-order valence-corrected chi connectivity index (χ0v) is 14.9. The van der Waals surface area contributed by atoms with Crippen LogP contribution in [0.4, 0.5) is 5.69 Å². The number of benzene rings is 1.